The molecule has 0 spiro atoms. The summed E-state index contributed by atoms with van der Waals surface area (Å²) >= 11 is 0. The average Bonchev–Trinajstić information content (AvgIpc) is 3.45. The zero-order valence-electron chi connectivity index (χ0n) is 15.5. The van der Waals surface area contributed by atoms with Gasteiger partial charge in [-0.05, 0) is 49.1 Å². The molecule has 1 aromatic rings. The number of benzene rings is 1. The van der Waals surface area contributed by atoms with Crippen LogP contribution < -0.4 is 5.32 Å². The fourth-order valence-electron chi connectivity index (χ4n) is 5.56. The summed E-state index contributed by atoms with van der Waals surface area (Å²) in [5, 5.41) is 2.25. The van der Waals surface area contributed by atoms with Crippen molar-refractivity contribution in [1.82, 2.24) is 4.90 Å². The van der Waals surface area contributed by atoms with Crippen LogP contribution in [-0.4, -0.2) is 28.7 Å². The van der Waals surface area contributed by atoms with Gasteiger partial charge in [-0.25, -0.2) is 0 Å². The molecule has 3 amide bonds. The summed E-state index contributed by atoms with van der Waals surface area (Å²) in [4.78, 5) is 39.7. The number of allylic oxidation sites excluding steroid dienone is 2. The molecule has 3 fully saturated rings. The van der Waals surface area contributed by atoms with Gasteiger partial charge in [-0.15, -0.1) is 0 Å². The van der Waals surface area contributed by atoms with Gasteiger partial charge in [-0.1, -0.05) is 24.3 Å². The SMILES string of the molecule is C[C@H](C(=O)Nc1ccccc1C(F)(F)F)N1C(=O)[C@H]2[C@@H]3C=C[C@H]([C@H]4C[C@H]34)[C@@H]2C1=O. The molecular weight excluding hydrogens is 385 g/mol. The minimum atomic E-state index is -4.63. The highest BCUT2D eigenvalue weighted by Gasteiger charge is 2.67. The predicted octanol–water partition coefficient (Wildman–Crippen LogP) is 3.09. The van der Waals surface area contributed by atoms with Crippen LogP contribution in [-0.2, 0) is 20.6 Å². The number of carbonyl (C=O) groups excluding carboxylic acids is 3. The van der Waals surface area contributed by atoms with Gasteiger partial charge in [-0.2, -0.15) is 13.2 Å². The second kappa shape index (κ2) is 5.93. The lowest BCUT2D eigenvalue weighted by Crippen LogP contribution is -2.46. The third kappa shape index (κ3) is 2.57. The van der Waals surface area contributed by atoms with E-state index in [1.165, 1.54) is 19.1 Å². The molecule has 0 unspecified atom stereocenters. The largest absolute Gasteiger partial charge is 0.418 e. The Labute approximate surface area is 164 Å². The predicted molar refractivity (Wildman–Crippen MR) is 96.1 cm³/mol. The number of hydrogen-bond donors (Lipinski definition) is 1. The number of carbonyl (C=O) groups is 3. The Morgan fingerprint density at radius 2 is 1.62 bits per heavy atom. The van der Waals surface area contributed by atoms with Crippen molar-refractivity contribution in [3.8, 4) is 0 Å². The summed E-state index contributed by atoms with van der Waals surface area (Å²) in [7, 11) is 0. The van der Waals surface area contributed by atoms with E-state index in [-0.39, 0.29) is 23.7 Å². The van der Waals surface area contributed by atoms with Crippen LogP contribution in [0.15, 0.2) is 36.4 Å². The zero-order valence-corrected chi connectivity index (χ0v) is 15.5. The fourth-order valence-corrected chi connectivity index (χ4v) is 5.56. The van der Waals surface area contributed by atoms with Gasteiger partial charge in [-0.3, -0.25) is 19.3 Å². The maximum absolute atomic E-state index is 13.2. The Balaban J connectivity index is 1.38. The van der Waals surface area contributed by atoms with E-state index in [4.69, 9.17) is 0 Å². The molecule has 6 rings (SSSR count). The number of amides is 3. The molecular formula is C21H19F3N2O3. The number of alkyl halides is 3. The van der Waals surface area contributed by atoms with Crippen molar-refractivity contribution >= 4 is 23.4 Å². The molecule has 152 valence electrons. The number of halogens is 3. The van der Waals surface area contributed by atoms with Crippen LogP contribution in [0.1, 0.15) is 18.9 Å². The Hall–Kier alpha value is -2.64. The van der Waals surface area contributed by atoms with Gasteiger partial charge >= 0.3 is 6.18 Å². The Morgan fingerprint density at radius 1 is 1.07 bits per heavy atom. The fraction of sp³-hybridized carbons (Fsp3) is 0.476. The van der Waals surface area contributed by atoms with E-state index in [0.29, 0.717) is 11.8 Å². The quantitative estimate of drug-likeness (QED) is 0.622. The lowest BCUT2D eigenvalue weighted by Gasteiger charge is -2.37. The number of para-hydroxylation sites is 1. The van der Waals surface area contributed by atoms with Crippen LogP contribution in [0.3, 0.4) is 0 Å². The Kier molecular flexibility index (Phi) is 3.76. The minimum Gasteiger partial charge on any atom is -0.324 e. The minimum absolute atomic E-state index is 0.0256. The number of imide groups is 1. The van der Waals surface area contributed by atoms with Crippen LogP contribution in [0.2, 0.25) is 0 Å². The smallest absolute Gasteiger partial charge is 0.324 e. The summed E-state index contributed by atoms with van der Waals surface area (Å²) in [5.74, 6) is -1.54. The van der Waals surface area contributed by atoms with Crippen molar-refractivity contribution in [2.75, 3.05) is 5.32 Å². The number of hydrogen-bond acceptors (Lipinski definition) is 3. The van der Waals surface area contributed by atoms with E-state index >= 15 is 0 Å². The van der Waals surface area contributed by atoms with Gasteiger partial charge in [0.1, 0.15) is 6.04 Å². The molecule has 1 aliphatic heterocycles. The number of likely N-dealkylation sites (tertiary alicyclic amines) is 1. The van der Waals surface area contributed by atoms with E-state index in [9.17, 15) is 27.6 Å². The summed E-state index contributed by atoms with van der Waals surface area (Å²) in [6, 6.07) is 3.45. The van der Waals surface area contributed by atoms with Gasteiger partial charge in [0.05, 0.1) is 23.1 Å². The first kappa shape index (κ1) is 18.4. The molecule has 7 atom stereocenters. The van der Waals surface area contributed by atoms with Crippen LogP contribution >= 0.6 is 0 Å². The van der Waals surface area contributed by atoms with Crippen molar-refractivity contribution in [2.24, 2.45) is 35.5 Å². The molecule has 2 bridgehead atoms. The zero-order chi connectivity index (χ0) is 20.7. The standard InChI is InChI=1S/C21H19F3N2O3/c1-9(18(27)25-15-5-3-2-4-14(15)21(22,23)24)26-19(28)16-10-6-7-11(13-8-12(10)13)17(16)20(26)29/h2-7,9-13,16-17H,8H2,1H3,(H,25,27)/t9-,10-,11-,12-,13-,16+,17+/m1/s1. The summed E-state index contributed by atoms with van der Waals surface area (Å²) in [5.41, 5.74) is -1.37. The maximum Gasteiger partial charge on any atom is 0.418 e. The molecule has 5 aliphatic rings. The van der Waals surface area contributed by atoms with Gasteiger partial charge < -0.3 is 5.32 Å². The molecule has 0 radical (unpaired) electrons. The van der Waals surface area contributed by atoms with Crippen molar-refractivity contribution < 1.29 is 27.6 Å². The van der Waals surface area contributed by atoms with Gasteiger partial charge in [0.25, 0.3) is 0 Å². The highest BCUT2D eigenvalue weighted by Crippen LogP contribution is 2.65. The van der Waals surface area contributed by atoms with Crippen LogP contribution in [0.4, 0.5) is 18.9 Å². The van der Waals surface area contributed by atoms with Gasteiger partial charge in [0.15, 0.2) is 0 Å². The monoisotopic (exact) mass is 404 g/mol. The van der Waals surface area contributed by atoms with Gasteiger partial charge in [0.2, 0.25) is 17.7 Å². The third-order valence-corrected chi connectivity index (χ3v) is 6.95. The highest BCUT2D eigenvalue weighted by molar-refractivity contribution is 6.10. The molecule has 4 aliphatic carbocycles. The first-order valence-electron chi connectivity index (χ1n) is 9.72. The second-order valence-electron chi connectivity index (χ2n) is 8.41. The molecule has 29 heavy (non-hydrogen) atoms. The van der Waals surface area contributed by atoms with Crippen molar-refractivity contribution in [1.29, 1.82) is 0 Å². The number of nitrogens with one attached hydrogen (secondary N) is 1. The van der Waals surface area contributed by atoms with Crippen LogP contribution in [0.5, 0.6) is 0 Å². The summed E-state index contributed by atoms with van der Waals surface area (Å²) < 4.78 is 39.5. The molecule has 2 saturated carbocycles. The molecule has 1 N–H and O–H groups in total. The normalized spacial score (nSPS) is 35.4. The maximum atomic E-state index is 13.2. The second-order valence-corrected chi connectivity index (χ2v) is 8.41. The number of anilines is 1. The average molecular weight is 404 g/mol. The summed E-state index contributed by atoms with van der Waals surface area (Å²) in [6.07, 6.45) is 0.450. The molecule has 1 saturated heterocycles. The van der Waals surface area contributed by atoms with Crippen LogP contribution in [0, 0.1) is 35.5 Å². The highest BCUT2D eigenvalue weighted by atomic mass is 19.4. The van der Waals surface area contributed by atoms with Crippen molar-refractivity contribution in [3.05, 3.63) is 42.0 Å². The molecule has 1 aromatic carbocycles. The van der Waals surface area contributed by atoms with Gasteiger partial charge in [0, 0.05) is 0 Å². The number of nitrogens with zero attached hydrogens (tertiary/aromatic N) is 1. The number of rotatable bonds is 3. The molecule has 5 nitrogen and oxygen atoms in total. The van der Waals surface area contributed by atoms with E-state index in [2.05, 4.69) is 5.32 Å². The van der Waals surface area contributed by atoms with Crippen LogP contribution in [0.25, 0.3) is 0 Å². The lowest BCUT2D eigenvalue weighted by atomic mass is 9.63. The summed E-state index contributed by atoms with van der Waals surface area (Å²) in [6.45, 7) is 1.38. The van der Waals surface area contributed by atoms with E-state index < -0.39 is 41.2 Å². The lowest BCUT2D eigenvalue weighted by molar-refractivity contribution is -0.146. The van der Waals surface area contributed by atoms with E-state index in [1.54, 1.807) is 0 Å². The molecule has 0 aromatic heterocycles. The van der Waals surface area contributed by atoms with E-state index in [0.717, 1.165) is 23.5 Å². The first-order chi connectivity index (χ1) is 13.7. The van der Waals surface area contributed by atoms with Crippen molar-refractivity contribution in [2.45, 2.75) is 25.6 Å². The Bertz CT molecular complexity index is 921. The first-order valence-corrected chi connectivity index (χ1v) is 9.72. The topological polar surface area (TPSA) is 66.5 Å². The van der Waals surface area contributed by atoms with E-state index in [1.807, 2.05) is 12.2 Å². The molecule has 1 heterocycles. The Morgan fingerprint density at radius 3 is 2.17 bits per heavy atom. The third-order valence-electron chi connectivity index (χ3n) is 6.95. The molecule has 8 heteroatoms. The van der Waals surface area contributed by atoms with Crippen molar-refractivity contribution in [3.63, 3.8) is 0 Å².